The molecule has 0 bridgehead atoms. The highest BCUT2D eigenvalue weighted by Gasteiger charge is 2.14. The normalized spacial score (nSPS) is 10.2. The molecule has 6 heteroatoms. The maximum absolute atomic E-state index is 12.2. The summed E-state index contributed by atoms with van der Waals surface area (Å²) >= 11 is 0. The lowest BCUT2D eigenvalue weighted by Gasteiger charge is -2.07. The number of nitrogens with zero attached hydrogens (tertiary/aromatic N) is 2. The maximum Gasteiger partial charge on any atom is 0.227 e. The number of benzene rings is 1. The van der Waals surface area contributed by atoms with Crippen LogP contribution in [0.2, 0.25) is 0 Å². The number of methoxy groups -OCH3 is 1. The second-order valence-electron chi connectivity index (χ2n) is 5.57. The lowest BCUT2D eigenvalue weighted by atomic mass is 10.1. The molecule has 0 aliphatic carbocycles. The van der Waals surface area contributed by atoms with Crippen LogP contribution in [0, 0.1) is 0 Å². The third kappa shape index (κ3) is 5.54. The van der Waals surface area contributed by atoms with Crippen LogP contribution in [-0.4, -0.2) is 44.2 Å². The van der Waals surface area contributed by atoms with Gasteiger partial charge >= 0.3 is 0 Å². The molecule has 24 heavy (non-hydrogen) atoms. The summed E-state index contributed by atoms with van der Waals surface area (Å²) in [6.45, 7) is 0.600. The molecule has 0 unspecified atom stereocenters. The minimum atomic E-state index is 0. The molecule has 0 aliphatic heterocycles. The van der Waals surface area contributed by atoms with E-state index >= 15 is 0 Å². The predicted octanol–water partition coefficient (Wildman–Crippen LogP) is -1.39. The molecule has 1 aromatic heterocycles. The van der Waals surface area contributed by atoms with Gasteiger partial charge < -0.3 is 26.6 Å². The molecular weight excluding hydrogens is 372 g/mol. The third-order valence-electron chi connectivity index (χ3n) is 3.41. The van der Waals surface area contributed by atoms with Gasteiger partial charge in [0, 0.05) is 23.3 Å². The zero-order chi connectivity index (χ0) is 16.8. The van der Waals surface area contributed by atoms with Gasteiger partial charge in [0.2, 0.25) is 12.3 Å². The standard InChI is InChI=1S/C18H21N2O3.BrH/c1-19(2)12-17(21)15-8-10-20(11-9-15)13-18(22)14-4-6-16(23-3)7-5-14;/h4-11H,12-13H2,1-3H3;1H/q+1;/p-1. The summed E-state index contributed by atoms with van der Waals surface area (Å²) < 4.78 is 6.84. The highest BCUT2D eigenvalue weighted by atomic mass is 79.9. The van der Waals surface area contributed by atoms with Crippen molar-refractivity contribution in [2.24, 2.45) is 0 Å². The number of hydrogen-bond acceptors (Lipinski definition) is 4. The zero-order valence-corrected chi connectivity index (χ0v) is 15.6. The van der Waals surface area contributed by atoms with Gasteiger partial charge in [-0.3, -0.25) is 9.59 Å². The number of ketones is 2. The molecule has 2 rings (SSSR count). The van der Waals surface area contributed by atoms with E-state index in [0.29, 0.717) is 17.7 Å². The first-order valence-corrected chi connectivity index (χ1v) is 7.34. The van der Waals surface area contributed by atoms with Crippen molar-refractivity contribution in [1.82, 2.24) is 4.90 Å². The van der Waals surface area contributed by atoms with Crippen molar-refractivity contribution in [2.45, 2.75) is 6.54 Å². The van der Waals surface area contributed by atoms with Gasteiger partial charge in [-0.2, -0.15) is 4.57 Å². The van der Waals surface area contributed by atoms with Crippen LogP contribution in [0.15, 0.2) is 48.8 Å². The maximum atomic E-state index is 12.2. The number of carbonyl (C=O) groups is 2. The van der Waals surface area contributed by atoms with Gasteiger partial charge in [-0.05, 0) is 38.4 Å². The van der Waals surface area contributed by atoms with E-state index in [1.165, 1.54) is 0 Å². The van der Waals surface area contributed by atoms with Gasteiger partial charge in [-0.25, -0.2) is 0 Å². The van der Waals surface area contributed by atoms with E-state index in [1.54, 1.807) is 60.5 Å². The molecular formula is C18H21BrN2O3. The Hall–Kier alpha value is -2.05. The number of ether oxygens (including phenoxy) is 1. The monoisotopic (exact) mass is 392 g/mol. The smallest absolute Gasteiger partial charge is 0.227 e. The predicted molar refractivity (Wildman–Crippen MR) is 86.8 cm³/mol. The summed E-state index contributed by atoms with van der Waals surface area (Å²) in [6, 6.07) is 10.5. The Bertz CT molecular complexity index is 682. The van der Waals surface area contributed by atoms with E-state index in [2.05, 4.69) is 0 Å². The highest BCUT2D eigenvalue weighted by molar-refractivity contribution is 5.97. The second kappa shape index (κ2) is 9.30. The van der Waals surface area contributed by atoms with Crippen molar-refractivity contribution in [1.29, 1.82) is 0 Å². The number of hydrogen-bond donors (Lipinski definition) is 0. The van der Waals surface area contributed by atoms with Gasteiger partial charge in [-0.15, -0.1) is 0 Å². The first kappa shape index (κ1) is 20.0. The summed E-state index contributed by atoms with van der Waals surface area (Å²) in [6.07, 6.45) is 3.51. The number of halogens is 1. The molecule has 0 saturated heterocycles. The topological polar surface area (TPSA) is 50.5 Å². The summed E-state index contributed by atoms with van der Waals surface area (Å²) in [5, 5.41) is 0. The Morgan fingerprint density at radius 2 is 1.50 bits per heavy atom. The first-order valence-electron chi connectivity index (χ1n) is 7.34. The molecule has 2 aromatic rings. The number of likely N-dealkylation sites (N-methyl/N-ethyl adjacent to an activating group) is 1. The highest BCUT2D eigenvalue weighted by Crippen LogP contribution is 2.11. The van der Waals surface area contributed by atoms with Crippen molar-refractivity contribution >= 4 is 11.6 Å². The molecule has 0 amide bonds. The fraction of sp³-hybridized carbons (Fsp3) is 0.278. The molecule has 0 aliphatic rings. The lowest BCUT2D eigenvalue weighted by molar-refractivity contribution is -0.683. The van der Waals surface area contributed by atoms with E-state index in [0.717, 1.165) is 5.75 Å². The van der Waals surface area contributed by atoms with Gasteiger partial charge in [0.15, 0.2) is 18.2 Å². The van der Waals surface area contributed by atoms with E-state index in [9.17, 15) is 9.59 Å². The van der Waals surface area contributed by atoms with E-state index in [1.807, 2.05) is 19.0 Å². The number of pyridine rings is 1. The van der Waals surface area contributed by atoms with Gasteiger partial charge in [0.05, 0.1) is 13.7 Å². The fourth-order valence-electron chi connectivity index (χ4n) is 2.16. The summed E-state index contributed by atoms with van der Waals surface area (Å²) in [5.41, 5.74) is 1.28. The van der Waals surface area contributed by atoms with Crippen LogP contribution in [0.25, 0.3) is 0 Å². The van der Waals surface area contributed by atoms with Crippen molar-refractivity contribution in [2.75, 3.05) is 27.7 Å². The Morgan fingerprint density at radius 1 is 0.958 bits per heavy atom. The van der Waals surface area contributed by atoms with Gasteiger partial charge in [-0.1, -0.05) is 0 Å². The first-order chi connectivity index (χ1) is 11.0. The van der Waals surface area contributed by atoms with Crippen LogP contribution in [0.1, 0.15) is 20.7 Å². The second-order valence-corrected chi connectivity index (χ2v) is 5.57. The van der Waals surface area contributed by atoms with Crippen molar-refractivity contribution in [3.8, 4) is 5.75 Å². The molecule has 5 nitrogen and oxygen atoms in total. The summed E-state index contributed by atoms with van der Waals surface area (Å²) in [5.74, 6) is 0.784. The van der Waals surface area contributed by atoms with Crippen molar-refractivity contribution in [3.05, 3.63) is 59.9 Å². The largest absolute Gasteiger partial charge is 1.00 e. The zero-order valence-electron chi connectivity index (χ0n) is 14.0. The molecule has 0 fully saturated rings. The van der Waals surface area contributed by atoms with Crippen LogP contribution in [0.3, 0.4) is 0 Å². The average Bonchev–Trinajstić information content (AvgIpc) is 2.55. The van der Waals surface area contributed by atoms with Gasteiger partial charge in [0.1, 0.15) is 5.75 Å². The molecule has 0 N–H and O–H groups in total. The van der Waals surface area contributed by atoms with E-state index in [4.69, 9.17) is 4.74 Å². The Kier molecular flexibility index (Phi) is 7.74. The van der Waals surface area contributed by atoms with Gasteiger partial charge in [0.25, 0.3) is 0 Å². The molecule has 0 atom stereocenters. The quantitative estimate of drug-likeness (QED) is 0.430. The number of Topliss-reactive ketones (excluding diaryl/α,β-unsaturated/α-hetero) is 2. The fourth-order valence-corrected chi connectivity index (χ4v) is 2.16. The molecule has 0 radical (unpaired) electrons. The molecule has 0 saturated carbocycles. The summed E-state index contributed by atoms with van der Waals surface area (Å²) in [7, 11) is 5.30. The number of aromatic nitrogens is 1. The minimum absolute atomic E-state index is 0. The Balaban J connectivity index is 0.00000288. The SMILES string of the molecule is COc1ccc(C(=O)C[n+]2ccc(C(=O)CN(C)C)cc2)cc1.[Br-]. The summed E-state index contributed by atoms with van der Waals surface area (Å²) in [4.78, 5) is 26.0. The third-order valence-corrected chi connectivity index (χ3v) is 3.41. The minimum Gasteiger partial charge on any atom is -1.00 e. The average molecular weight is 393 g/mol. The molecule has 1 aromatic carbocycles. The Morgan fingerprint density at radius 3 is 2.00 bits per heavy atom. The van der Waals surface area contributed by atoms with Crippen molar-refractivity contribution < 1.29 is 35.9 Å². The van der Waals surface area contributed by atoms with Crippen molar-refractivity contribution in [3.63, 3.8) is 0 Å². The lowest BCUT2D eigenvalue weighted by Crippen LogP contribution is -3.00. The van der Waals surface area contributed by atoms with Crippen LogP contribution in [0.4, 0.5) is 0 Å². The number of rotatable bonds is 7. The van der Waals surface area contributed by atoms with E-state index < -0.39 is 0 Å². The van der Waals surface area contributed by atoms with E-state index in [-0.39, 0.29) is 35.1 Å². The van der Waals surface area contributed by atoms with Crippen LogP contribution in [0.5, 0.6) is 5.75 Å². The Labute approximate surface area is 152 Å². The van der Waals surface area contributed by atoms with Crippen LogP contribution >= 0.6 is 0 Å². The number of carbonyl (C=O) groups excluding carboxylic acids is 2. The van der Waals surface area contributed by atoms with Crippen LogP contribution < -0.4 is 26.3 Å². The molecule has 0 spiro atoms. The molecule has 128 valence electrons. The van der Waals surface area contributed by atoms with Crippen LogP contribution in [-0.2, 0) is 6.54 Å². The molecule has 1 heterocycles.